The van der Waals surface area contributed by atoms with Crippen molar-refractivity contribution in [1.82, 2.24) is 9.55 Å². The van der Waals surface area contributed by atoms with E-state index in [0.29, 0.717) is 5.92 Å². The maximum absolute atomic E-state index is 6.50. The lowest BCUT2D eigenvalue weighted by Gasteiger charge is -2.32. The first-order chi connectivity index (χ1) is 10.2. The average molecular weight is 291 g/mol. The van der Waals surface area contributed by atoms with Gasteiger partial charge in [-0.2, -0.15) is 0 Å². The first-order valence-corrected chi connectivity index (χ1v) is 9.00. The second-order valence-electron chi connectivity index (χ2n) is 6.83. The fraction of sp³-hybridized carbons (Fsp3) is 0.833. The van der Waals surface area contributed by atoms with Crippen molar-refractivity contribution >= 4 is 0 Å². The Hall–Kier alpha value is -0.830. The maximum atomic E-state index is 6.50. The molecule has 1 saturated carbocycles. The zero-order valence-electron chi connectivity index (χ0n) is 13.9. The van der Waals surface area contributed by atoms with Gasteiger partial charge in [-0.05, 0) is 31.1 Å². The van der Waals surface area contributed by atoms with Crippen LogP contribution in [0, 0.1) is 11.8 Å². The lowest BCUT2D eigenvalue weighted by atomic mass is 9.76. The molecule has 1 unspecified atom stereocenters. The molecule has 0 aromatic carbocycles. The molecule has 1 aliphatic carbocycles. The van der Waals surface area contributed by atoms with Crippen LogP contribution in [0.25, 0.3) is 0 Å². The lowest BCUT2D eigenvalue weighted by Crippen LogP contribution is -2.35. The van der Waals surface area contributed by atoms with Crippen molar-refractivity contribution in [2.24, 2.45) is 17.6 Å². The molecule has 0 radical (unpaired) electrons. The van der Waals surface area contributed by atoms with E-state index in [4.69, 9.17) is 5.73 Å². The Kier molecular flexibility index (Phi) is 6.75. The van der Waals surface area contributed by atoms with Crippen LogP contribution in [-0.4, -0.2) is 15.6 Å². The highest BCUT2D eigenvalue weighted by Gasteiger charge is 2.26. The van der Waals surface area contributed by atoms with Gasteiger partial charge in [-0.15, -0.1) is 0 Å². The molecule has 21 heavy (non-hydrogen) atoms. The molecule has 1 fully saturated rings. The van der Waals surface area contributed by atoms with E-state index in [1.807, 2.05) is 6.20 Å². The van der Waals surface area contributed by atoms with E-state index in [0.717, 1.165) is 25.3 Å². The molecular formula is C18H33N3. The van der Waals surface area contributed by atoms with E-state index >= 15 is 0 Å². The predicted molar refractivity (Wildman–Crippen MR) is 89.2 cm³/mol. The van der Waals surface area contributed by atoms with Crippen molar-refractivity contribution in [3.8, 4) is 0 Å². The molecule has 3 heteroatoms. The van der Waals surface area contributed by atoms with Crippen LogP contribution >= 0.6 is 0 Å². The Morgan fingerprint density at radius 1 is 1.24 bits per heavy atom. The summed E-state index contributed by atoms with van der Waals surface area (Å²) in [4.78, 5) is 4.51. The molecule has 1 aliphatic rings. The van der Waals surface area contributed by atoms with Crippen LogP contribution in [0.5, 0.6) is 0 Å². The molecule has 2 rings (SSSR count). The van der Waals surface area contributed by atoms with Gasteiger partial charge in [-0.1, -0.05) is 46.0 Å². The van der Waals surface area contributed by atoms with Gasteiger partial charge in [0.25, 0.3) is 0 Å². The van der Waals surface area contributed by atoms with Crippen molar-refractivity contribution in [2.45, 2.75) is 84.2 Å². The third kappa shape index (κ3) is 4.84. The van der Waals surface area contributed by atoms with Gasteiger partial charge in [0.15, 0.2) is 0 Å². The van der Waals surface area contributed by atoms with E-state index in [2.05, 4.69) is 29.6 Å². The van der Waals surface area contributed by atoms with Crippen molar-refractivity contribution in [3.05, 3.63) is 18.2 Å². The first-order valence-electron chi connectivity index (χ1n) is 9.00. The van der Waals surface area contributed by atoms with E-state index in [1.165, 1.54) is 50.8 Å². The fourth-order valence-electron chi connectivity index (χ4n) is 3.75. The minimum Gasteiger partial charge on any atom is -0.335 e. The van der Waals surface area contributed by atoms with Gasteiger partial charge in [0.2, 0.25) is 0 Å². The van der Waals surface area contributed by atoms with Crippen LogP contribution in [0.3, 0.4) is 0 Å². The molecule has 1 heterocycles. The summed E-state index contributed by atoms with van der Waals surface area (Å²) in [5, 5.41) is 0. The predicted octanol–water partition coefficient (Wildman–Crippen LogP) is 4.16. The van der Waals surface area contributed by atoms with E-state index in [-0.39, 0.29) is 6.04 Å². The molecule has 0 bridgehead atoms. The Bertz CT molecular complexity index is 391. The Labute approximate surface area is 130 Å². The standard InChI is InChI=1S/C18H33N3/c1-3-5-6-15-7-9-16(10-8-15)17(19)14-18-20-11-13-21(18)12-4-2/h11,13,15-17H,3-10,12,14,19H2,1-2H3. The summed E-state index contributed by atoms with van der Waals surface area (Å²) in [6.07, 6.45) is 15.7. The Balaban J connectivity index is 1.79. The molecule has 1 atom stereocenters. The second kappa shape index (κ2) is 8.57. The first kappa shape index (κ1) is 16.5. The number of hydrogen-bond donors (Lipinski definition) is 1. The highest BCUT2D eigenvalue weighted by molar-refractivity contribution is 4.97. The Morgan fingerprint density at radius 2 is 2.00 bits per heavy atom. The van der Waals surface area contributed by atoms with Crippen LogP contribution in [0.2, 0.25) is 0 Å². The lowest BCUT2D eigenvalue weighted by molar-refractivity contribution is 0.229. The van der Waals surface area contributed by atoms with Crippen molar-refractivity contribution in [2.75, 3.05) is 0 Å². The summed E-state index contributed by atoms with van der Waals surface area (Å²) in [5.41, 5.74) is 6.50. The zero-order chi connectivity index (χ0) is 15.1. The van der Waals surface area contributed by atoms with Crippen LogP contribution in [0.15, 0.2) is 12.4 Å². The summed E-state index contributed by atoms with van der Waals surface area (Å²) in [7, 11) is 0. The van der Waals surface area contributed by atoms with Gasteiger partial charge in [0, 0.05) is 31.4 Å². The third-order valence-electron chi connectivity index (χ3n) is 5.15. The van der Waals surface area contributed by atoms with Gasteiger partial charge in [0.1, 0.15) is 5.82 Å². The normalized spacial score (nSPS) is 24.1. The topological polar surface area (TPSA) is 43.8 Å². The average Bonchev–Trinajstić information content (AvgIpc) is 2.93. The summed E-state index contributed by atoms with van der Waals surface area (Å²) in [6, 6.07) is 0.287. The molecule has 0 spiro atoms. The molecule has 1 aromatic heterocycles. The van der Waals surface area contributed by atoms with E-state index in [9.17, 15) is 0 Å². The van der Waals surface area contributed by atoms with Crippen LogP contribution in [0.4, 0.5) is 0 Å². The maximum Gasteiger partial charge on any atom is 0.110 e. The SMILES string of the molecule is CCCCC1CCC(C(N)Cc2nccn2CCC)CC1. The molecule has 1 aromatic rings. The zero-order valence-corrected chi connectivity index (χ0v) is 13.9. The van der Waals surface area contributed by atoms with E-state index in [1.54, 1.807) is 0 Å². The minimum atomic E-state index is 0.287. The summed E-state index contributed by atoms with van der Waals surface area (Å²) in [5.74, 6) is 2.85. The number of imidazole rings is 1. The number of rotatable bonds is 8. The van der Waals surface area contributed by atoms with Crippen LogP contribution in [0.1, 0.15) is 71.0 Å². The quantitative estimate of drug-likeness (QED) is 0.781. The van der Waals surface area contributed by atoms with Gasteiger partial charge >= 0.3 is 0 Å². The van der Waals surface area contributed by atoms with Gasteiger partial charge in [-0.3, -0.25) is 0 Å². The second-order valence-corrected chi connectivity index (χ2v) is 6.83. The van der Waals surface area contributed by atoms with Crippen LogP contribution in [-0.2, 0) is 13.0 Å². The Morgan fingerprint density at radius 3 is 2.67 bits per heavy atom. The molecule has 2 N–H and O–H groups in total. The summed E-state index contributed by atoms with van der Waals surface area (Å²) < 4.78 is 2.27. The fourth-order valence-corrected chi connectivity index (χ4v) is 3.75. The largest absolute Gasteiger partial charge is 0.335 e. The monoisotopic (exact) mass is 291 g/mol. The number of aryl methyl sites for hydroxylation is 1. The van der Waals surface area contributed by atoms with Crippen molar-refractivity contribution in [1.29, 1.82) is 0 Å². The summed E-state index contributed by atoms with van der Waals surface area (Å²) in [6.45, 7) is 5.56. The molecule has 0 amide bonds. The number of hydrogen-bond acceptors (Lipinski definition) is 2. The smallest absolute Gasteiger partial charge is 0.110 e. The number of aromatic nitrogens is 2. The van der Waals surface area contributed by atoms with Crippen molar-refractivity contribution < 1.29 is 0 Å². The number of nitrogens with zero attached hydrogens (tertiary/aromatic N) is 2. The highest BCUT2D eigenvalue weighted by Crippen LogP contribution is 2.33. The van der Waals surface area contributed by atoms with Crippen molar-refractivity contribution in [3.63, 3.8) is 0 Å². The van der Waals surface area contributed by atoms with Gasteiger partial charge in [0.05, 0.1) is 0 Å². The minimum absolute atomic E-state index is 0.287. The van der Waals surface area contributed by atoms with Gasteiger partial charge < -0.3 is 10.3 Å². The van der Waals surface area contributed by atoms with Crippen LogP contribution < -0.4 is 5.73 Å². The molecule has 3 nitrogen and oxygen atoms in total. The van der Waals surface area contributed by atoms with Gasteiger partial charge in [-0.25, -0.2) is 4.98 Å². The number of unbranched alkanes of at least 4 members (excludes halogenated alkanes) is 1. The third-order valence-corrected chi connectivity index (χ3v) is 5.15. The number of nitrogens with two attached hydrogens (primary N) is 1. The summed E-state index contributed by atoms with van der Waals surface area (Å²) >= 11 is 0. The molecule has 0 saturated heterocycles. The highest BCUT2D eigenvalue weighted by atomic mass is 15.1. The molecular weight excluding hydrogens is 258 g/mol. The van der Waals surface area contributed by atoms with E-state index < -0.39 is 0 Å². The molecule has 120 valence electrons. The molecule has 0 aliphatic heterocycles.